The van der Waals surface area contributed by atoms with E-state index in [1.807, 2.05) is 12.1 Å². The quantitative estimate of drug-likeness (QED) is 0.825. The van der Waals surface area contributed by atoms with Crippen LogP contribution in [-0.4, -0.2) is 45.8 Å². The molecule has 0 amide bonds. The Hall–Kier alpha value is -2.21. The van der Waals surface area contributed by atoms with Crippen molar-refractivity contribution in [1.82, 2.24) is 15.1 Å². The summed E-state index contributed by atoms with van der Waals surface area (Å²) in [5.41, 5.74) is 2.40. The maximum Gasteiger partial charge on any atom is 0.320 e. The van der Waals surface area contributed by atoms with Crippen LogP contribution in [-0.2, 0) is 11.2 Å². The van der Waals surface area contributed by atoms with Crippen molar-refractivity contribution in [3.63, 3.8) is 0 Å². The van der Waals surface area contributed by atoms with E-state index in [0.29, 0.717) is 12.2 Å². The van der Waals surface area contributed by atoms with Crippen molar-refractivity contribution < 1.29 is 14.3 Å². The fraction of sp³-hybridized carbons (Fsp3) is 0.375. The Kier molecular flexibility index (Phi) is 5.27. The molecule has 0 radical (unpaired) electrons. The minimum atomic E-state index is -0.822. The molecule has 5 nitrogen and oxygen atoms in total. The van der Waals surface area contributed by atoms with Crippen molar-refractivity contribution >= 4 is 5.97 Å². The number of aliphatic carboxylic acids is 1. The highest BCUT2D eigenvalue weighted by molar-refractivity contribution is 5.72. The molecule has 1 heterocycles. The van der Waals surface area contributed by atoms with Crippen molar-refractivity contribution in [3.8, 4) is 11.3 Å². The van der Waals surface area contributed by atoms with Crippen molar-refractivity contribution in [2.24, 2.45) is 0 Å². The third kappa shape index (κ3) is 4.14. The Labute approximate surface area is 128 Å². The molecule has 1 aromatic carbocycles. The molecule has 2 N–H and O–H groups in total. The molecule has 0 saturated heterocycles. The molecule has 2 rings (SSSR count). The molecular formula is C16H20FN3O2. The van der Waals surface area contributed by atoms with E-state index in [1.165, 1.54) is 12.1 Å². The van der Waals surface area contributed by atoms with E-state index in [2.05, 4.69) is 10.2 Å². The van der Waals surface area contributed by atoms with Crippen molar-refractivity contribution in [2.45, 2.75) is 25.8 Å². The van der Waals surface area contributed by atoms with Gasteiger partial charge in [0.25, 0.3) is 0 Å². The number of H-pyrrole nitrogens is 1. The molecule has 1 aromatic heterocycles. The summed E-state index contributed by atoms with van der Waals surface area (Å²) in [4.78, 5) is 12.7. The molecule has 1 unspecified atom stereocenters. The first kappa shape index (κ1) is 16.2. The summed E-state index contributed by atoms with van der Waals surface area (Å²) in [6.07, 6.45) is 1.58. The van der Waals surface area contributed by atoms with E-state index in [4.69, 9.17) is 5.11 Å². The molecular weight excluding hydrogens is 285 g/mol. The maximum atomic E-state index is 13.2. The number of nitrogens with zero attached hydrogens (tertiary/aromatic N) is 2. The lowest BCUT2D eigenvalue weighted by molar-refractivity contribution is -0.142. The fourth-order valence-electron chi connectivity index (χ4n) is 2.19. The molecule has 2 aromatic rings. The van der Waals surface area contributed by atoms with Gasteiger partial charge in [-0.05, 0) is 51.6 Å². The molecule has 118 valence electrons. The molecule has 6 heteroatoms. The van der Waals surface area contributed by atoms with Crippen LogP contribution in [0.2, 0.25) is 0 Å². The number of likely N-dealkylation sites (N-methyl/N-ethyl adjacent to an activating group) is 1. The highest BCUT2D eigenvalue weighted by Crippen LogP contribution is 2.19. The minimum absolute atomic E-state index is 0.286. The highest BCUT2D eigenvalue weighted by Gasteiger charge is 2.16. The summed E-state index contributed by atoms with van der Waals surface area (Å²) >= 11 is 0. The lowest BCUT2D eigenvalue weighted by atomic mass is 10.1. The van der Waals surface area contributed by atoms with E-state index in [0.717, 1.165) is 24.1 Å². The van der Waals surface area contributed by atoms with Crippen LogP contribution in [0.4, 0.5) is 4.39 Å². The normalized spacial score (nSPS) is 12.5. The largest absolute Gasteiger partial charge is 0.480 e. The molecule has 0 bridgehead atoms. The van der Waals surface area contributed by atoms with Crippen LogP contribution in [0.1, 0.15) is 19.0 Å². The van der Waals surface area contributed by atoms with Gasteiger partial charge < -0.3 is 5.11 Å². The molecule has 0 saturated carbocycles. The van der Waals surface area contributed by atoms with Gasteiger partial charge in [-0.15, -0.1) is 0 Å². The zero-order chi connectivity index (χ0) is 16.1. The maximum absolute atomic E-state index is 13.2. The van der Waals surface area contributed by atoms with Gasteiger partial charge in [0.2, 0.25) is 0 Å². The predicted octanol–water partition coefficient (Wildman–Crippen LogP) is 2.55. The second-order valence-electron chi connectivity index (χ2n) is 5.39. The lowest BCUT2D eigenvalue weighted by Crippen LogP contribution is -2.36. The Balaban J connectivity index is 1.89. The predicted molar refractivity (Wildman–Crippen MR) is 82.0 cm³/mol. The Morgan fingerprint density at radius 2 is 2.23 bits per heavy atom. The van der Waals surface area contributed by atoms with Gasteiger partial charge in [0.1, 0.15) is 11.9 Å². The number of nitrogens with one attached hydrogen (secondary N) is 1. The average Bonchev–Trinajstić information content (AvgIpc) is 2.95. The van der Waals surface area contributed by atoms with Crippen molar-refractivity contribution in [3.05, 3.63) is 41.8 Å². The molecule has 0 aliphatic heterocycles. The summed E-state index contributed by atoms with van der Waals surface area (Å²) in [6, 6.07) is 7.71. The number of hydrogen-bond donors (Lipinski definition) is 2. The highest BCUT2D eigenvalue weighted by atomic mass is 19.1. The molecule has 22 heavy (non-hydrogen) atoms. The third-order valence-corrected chi connectivity index (χ3v) is 3.73. The van der Waals surface area contributed by atoms with Gasteiger partial charge in [-0.25, -0.2) is 4.39 Å². The number of rotatable bonds is 7. The Bertz CT molecular complexity index is 642. The summed E-state index contributed by atoms with van der Waals surface area (Å²) in [5.74, 6) is -1.11. The van der Waals surface area contributed by atoms with Crippen molar-refractivity contribution in [1.29, 1.82) is 0 Å². The van der Waals surface area contributed by atoms with Gasteiger partial charge in [0.15, 0.2) is 0 Å². The second kappa shape index (κ2) is 7.17. The fourth-order valence-corrected chi connectivity index (χ4v) is 2.19. The number of benzene rings is 1. The number of aromatic amines is 1. The molecule has 0 spiro atoms. The van der Waals surface area contributed by atoms with Crippen LogP contribution in [0, 0.1) is 5.82 Å². The minimum Gasteiger partial charge on any atom is -0.480 e. The molecule has 0 fully saturated rings. The van der Waals surface area contributed by atoms with Gasteiger partial charge in [0, 0.05) is 11.3 Å². The first-order valence-corrected chi connectivity index (χ1v) is 7.20. The van der Waals surface area contributed by atoms with E-state index in [-0.39, 0.29) is 5.82 Å². The summed E-state index contributed by atoms with van der Waals surface area (Å²) < 4.78 is 13.2. The topological polar surface area (TPSA) is 69.2 Å². The van der Waals surface area contributed by atoms with Gasteiger partial charge in [0.05, 0.1) is 5.69 Å². The first-order chi connectivity index (χ1) is 10.5. The molecule has 0 aliphatic rings. The zero-order valence-corrected chi connectivity index (χ0v) is 12.7. The summed E-state index contributed by atoms with van der Waals surface area (Å²) in [6.45, 7) is 2.35. The van der Waals surface area contributed by atoms with Crippen LogP contribution in [0.15, 0.2) is 30.3 Å². The number of hydrogen-bond acceptors (Lipinski definition) is 3. The number of aromatic nitrogens is 2. The first-order valence-electron chi connectivity index (χ1n) is 7.20. The number of carboxylic acid groups (broad SMARTS) is 1. The van der Waals surface area contributed by atoms with Crippen LogP contribution in [0.5, 0.6) is 0 Å². The van der Waals surface area contributed by atoms with Gasteiger partial charge in [-0.1, -0.05) is 12.1 Å². The average molecular weight is 305 g/mol. The monoisotopic (exact) mass is 305 g/mol. The molecule has 0 aliphatic carbocycles. The zero-order valence-electron chi connectivity index (χ0n) is 12.7. The second-order valence-corrected chi connectivity index (χ2v) is 5.39. The van der Waals surface area contributed by atoms with Crippen LogP contribution in [0.25, 0.3) is 11.3 Å². The standard InChI is InChI=1S/C16H20FN3O2/c1-11(16(21)22)20(2)8-4-7-14-10-15(19-18-14)12-5-3-6-13(17)9-12/h3,5-6,9-11H,4,7-8H2,1-2H3,(H,18,19)(H,21,22). The van der Waals surface area contributed by atoms with Crippen LogP contribution >= 0.6 is 0 Å². The van der Waals surface area contributed by atoms with E-state index >= 15 is 0 Å². The van der Waals surface area contributed by atoms with Crippen LogP contribution in [0.3, 0.4) is 0 Å². The van der Waals surface area contributed by atoms with Gasteiger partial charge in [-0.2, -0.15) is 5.10 Å². The van der Waals surface area contributed by atoms with Crippen LogP contribution < -0.4 is 0 Å². The van der Waals surface area contributed by atoms with E-state index in [1.54, 1.807) is 24.9 Å². The summed E-state index contributed by atoms with van der Waals surface area (Å²) in [7, 11) is 1.80. The smallest absolute Gasteiger partial charge is 0.320 e. The lowest BCUT2D eigenvalue weighted by Gasteiger charge is -2.20. The molecule has 1 atom stereocenters. The van der Waals surface area contributed by atoms with E-state index in [9.17, 15) is 9.18 Å². The number of halogens is 1. The Morgan fingerprint density at radius 3 is 2.91 bits per heavy atom. The van der Waals surface area contributed by atoms with Gasteiger partial charge >= 0.3 is 5.97 Å². The van der Waals surface area contributed by atoms with Gasteiger partial charge in [-0.3, -0.25) is 14.8 Å². The number of carboxylic acids is 1. The van der Waals surface area contributed by atoms with Crippen molar-refractivity contribution in [2.75, 3.05) is 13.6 Å². The van der Waals surface area contributed by atoms with E-state index < -0.39 is 12.0 Å². The SMILES string of the molecule is CC(C(=O)O)N(C)CCCc1cc(-c2cccc(F)c2)n[nH]1. The Morgan fingerprint density at radius 1 is 1.45 bits per heavy atom. The summed E-state index contributed by atoms with van der Waals surface area (Å²) in [5, 5.41) is 16.1. The number of carbonyl (C=O) groups is 1. The number of aryl methyl sites for hydroxylation is 1. The third-order valence-electron chi connectivity index (χ3n) is 3.73.